The van der Waals surface area contributed by atoms with E-state index >= 15 is 0 Å². The molecular formula is C29H44N4O5. The average Bonchev–Trinajstić information content (AvgIpc) is 3.11. The molecule has 9 nitrogen and oxygen atoms in total. The molecule has 0 spiro atoms. The smallest absolute Gasteiger partial charge is 0.407 e. The summed E-state index contributed by atoms with van der Waals surface area (Å²) in [6.45, 7) is 15.7. The molecule has 1 aromatic heterocycles. The summed E-state index contributed by atoms with van der Waals surface area (Å²) in [5.74, 6) is 0.316. The van der Waals surface area contributed by atoms with Crippen LogP contribution in [0.15, 0.2) is 30.5 Å². The number of hydrogen-bond donors (Lipinski definition) is 1. The van der Waals surface area contributed by atoms with Crippen LogP contribution in [0, 0.1) is 6.92 Å². The minimum atomic E-state index is -0.610. The molecule has 2 rings (SSSR count). The minimum absolute atomic E-state index is 0.276. The van der Waals surface area contributed by atoms with Crippen molar-refractivity contribution in [1.82, 2.24) is 20.0 Å². The number of nitrogens with zero attached hydrogens (tertiary/aromatic N) is 3. The number of amides is 1. The maximum atomic E-state index is 13.4. The number of benzene rings is 1. The van der Waals surface area contributed by atoms with Gasteiger partial charge in [0, 0.05) is 37.8 Å². The Balaban J connectivity index is 2.64. The van der Waals surface area contributed by atoms with Gasteiger partial charge in [-0.25, -0.2) is 9.59 Å². The van der Waals surface area contributed by atoms with Crippen molar-refractivity contribution in [3.05, 3.63) is 53.0 Å². The summed E-state index contributed by atoms with van der Waals surface area (Å²) in [4.78, 5) is 27.7. The van der Waals surface area contributed by atoms with Crippen molar-refractivity contribution in [1.29, 1.82) is 0 Å². The molecule has 0 fully saturated rings. The molecule has 0 atom stereocenters. The zero-order chi connectivity index (χ0) is 28.8. The number of carbonyl (C=O) groups excluding carboxylic acids is 2. The number of rotatable bonds is 10. The fourth-order valence-corrected chi connectivity index (χ4v) is 4.13. The maximum absolute atomic E-state index is 13.4. The van der Waals surface area contributed by atoms with E-state index in [2.05, 4.69) is 5.32 Å². The monoisotopic (exact) mass is 528 g/mol. The van der Waals surface area contributed by atoms with Crippen LogP contribution in [0.5, 0.6) is 5.75 Å². The van der Waals surface area contributed by atoms with Gasteiger partial charge in [0.05, 0.1) is 31.1 Å². The van der Waals surface area contributed by atoms with Crippen molar-refractivity contribution >= 4 is 17.6 Å². The van der Waals surface area contributed by atoms with Gasteiger partial charge in [-0.3, -0.25) is 4.68 Å². The fourth-order valence-electron chi connectivity index (χ4n) is 4.13. The van der Waals surface area contributed by atoms with E-state index in [-0.39, 0.29) is 12.6 Å². The molecule has 0 bridgehead atoms. The van der Waals surface area contributed by atoms with Gasteiger partial charge in [0.1, 0.15) is 16.9 Å². The van der Waals surface area contributed by atoms with E-state index in [9.17, 15) is 9.59 Å². The number of esters is 1. The summed E-state index contributed by atoms with van der Waals surface area (Å²) >= 11 is 0. The normalized spacial score (nSPS) is 12.4. The van der Waals surface area contributed by atoms with Crippen LogP contribution < -0.4 is 10.1 Å². The molecule has 38 heavy (non-hydrogen) atoms. The minimum Gasteiger partial charge on any atom is -0.497 e. The van der Waals surface area contributed by atoms with Crippen molar-refractivity contribution in [3.8, 4) is 5.75 Å². The molecule has 0 aliphatic heterocycles. The highest BCUT2D eigenvalue weighted by Crippen LogP contribution is 2.35. The molecule has 1 heterocycles. The Bertz CT molecular complexity index is 1140. The molecular weight excluding hydrogens is 484 g/mol. The Morgan fingerprint density at radius 1 is 1.11 bits per heavy atom. The Kier molecular flexibility index (Phi) is 10.0. The van der Waals surface area contributed by atoms with Crippen LogP contribution in [-0.4, -0.2) is 66.2 Å². The Hall–Kier alpha value is -3.49. The number of hydrogen-bond acceptors (Lipinski definition) is 7. The van der Waals surface area contributed by atoms with Gasteiger partial charge >= 0.3 is 12.1 Å². The quantitative estimate of drug-likeness (QED) is 0.346. The average molecular weight is 529 g/mol. The fraction of sp³-hybridized carbons (Fsp3) is 0.552. The molecule has 0 unspecified atom stereocenters. The van der Waals surface area contributed by atoms with Gasteiger partial charge in [0.25, 0.3) is 0 Å². The first-order valence-corrected chi connectivity index (χ1v) is 12.8. The first-order chi connectivity index (χ1) is 17.5. The highest BCUT2D eigenvalue weighted by Gasteiger charge is 2.35. The van der Waals surface area contributed by atoms with Gasteiger partial charge in [-0.2, -0.15) is 5.10 Å². The van der Waals surface area contributed by atoms with Crippen LogP contribution >= 0.6 is 0 Å². The molecule has 1 amide bonds. The van der Waals surface area contributed by atoms with Gasteiger partial charge in [-0.1, -0.05) is 26.0 Å². The summed E-state index contributed by atoms with van der Waals surface area (Å²) in [7, 11) is 5.34. The van der Waals surface area contributed by atoms with Gasteiger partial charge in [-0.05, 0) is 59.2 Å². The number of ether oxygens (including phenoxy) is 3. The highest BCUT2D eigenvalue weighted by molar-refractivity contribution is 6.16. The van der Waals surface area contributed by atoms with E-state index in [1.54, 1.807) is 13.3 Å². The van der Waals surface area contributed by atoms with Crippen LogP contribution in [-0.2, 0) is 26.2 Å². The lowest BCUT2D eigenvalue weighted by molar-refractivity contribution is -0.140. The third-order valence-corrected chi connectivity index (χ3v) is 5.57. The van der Waals surface area contributed by atoms with Crippen molar-refractivity contribution in [3.63, 3.8) is 0 Å². The van der Waals surface area contributed by atoms with Gasteiger partial charge in [-0.15, -0.1) is 0 Å². The van der Waals surface area contributed by atoms with Crippen LogP contribution in [0.25, 0.3) is 5.57 Å². The summed E-state index contributed by atoms with van der Waals surface area (Å²) in [5.41, 5.74) is 2.42. The first-order valence-electron chi connectivity index (χ1n) is 12.8. The van der Waals surface area contributed by atoms with Crippen molar-refractivity contribution in [2.24, 2.45) is 0 Å². The molecule has 2 aromatic rings. The molecule has 0 saturated heterocycles. The zero-order valence-corrected chi connectivity index (χ0v) is 24.8. The number of aromatic nitrogens is 2. The van der Waals surface area contributed by atoms with E-state index in [4.69, 9.17) is 19.3 Å². The first kappa shape index (κ1) is 30.7. The third kappa shape index (κ3) is 8.53. The van der Waals surface area contributed by atoms with Crippen LogP contribution in [0.2, 0.25) is 0 Å². The summed E-state index contributed by atoms with van der Waals surface area (Å²) < 4.78 is 18.2. The largest absolute Gasteiger partial charge is 0.497 e. The van der Waals surface area contributed by atoms with E-state index in [1.165, 1.54) is 0 Å². The molecule has 1 aromatic carbocycles. The summed E-state index contributed by atoms with van der Waals surface area (Å²) in [6.07, 6.45) is 0.961. The second kappa shape index (κ2) is 12.4. The SMILES string of the molecule is COc1ccc(Cn2nc(C)c(C(C)(C)CNC(=O)OC(C)(C)C)c2/C(=C/N(C)C)C(=O)OC(C)C)cc1. The number of carbonyl (C=O) groups is 2. The molecule has 0 aliphatic carbocycles. The van der Waals surface area contributed by atoms with E-state index < -0.39 is 23.1 Å². The highest BCUT2D eigenvalue weighted by atomic mass is 16.6. The molecule has 1 N–H and O–H groups in total. The van der Waals surface area contributed by atoms with Crippen LogP contribution in [0.1, 0.15) is 71.0 Å². The van der Waals surface area contributed by atoms with E-state index in [0.717, 1.165) is 22.6 Å². The van der Waals surface area contributed by atoms with Gasteiger partial charge < -0.3 is 24.4 Å². The Labute approximate surface area is 227 Å². The van der Waals surface area contributed by atoms with Crippen molar-refractivity contribution in [2.45, 2.75) is 79.1 Å². The Morgan fingerprint density at radius 2 is 1.71 bits per heavy atom. The lowest BCUT2D eigenvalue weighted by atomic mass is 9.81. The maximum Gasteiger partial charge on any atom is 0.407 e. The van der Waals surface area contributed by atoms with Gasteiger partial charge in [0.2, 0.25) is 0 Å². The number of alkyl carbamates (subject to hydrolysis) is 1. The third-order valence-electron chi connectivity index (χ3n) is 5.57. The summed E-state index contributed by atoms with van der Waals surface area (Å²) in [6, 6.07) is 7.72. The molecule has 9 heteroatoms. The van der Waals surface area contributed by atoms with Crippen LogP contribution in [0.4, 0.5) is 4.79 Å². The lowest BCUT2D eigenvalue weighted by Crippen LogP contribution is -2.40. The molecule has 0 aliphatic rings. The summed E-state index contributed by atoms with van der Waals surface area (Å²) in [5, 5.41) is 7.75. The van der Waals surface area contributed by atoms with E-state index in [1.807, 2.05) is 103 Å². The van der Waals surface area contributed by atoms with Crippen molar-refractivity contribution < 1.29 is 23.8 Å². The molecule has 0 saturated carbocycles. The standard InChI is InChI=1S/C29H44N4O5/c1-19(2)37-26(34)23(17-32(9)10)25-24(29(7,8)18-30-27(35)38-28(4,5)6)20(3)31-33(25)16-21-12-14-22(36-11)15-13-21/h12-15,17,19H,16,18H2,1-11H3,(H,30,35)/b23-17-. The predicted molar refractivity (Wildman–Crippen MR) is 149 cm³/mol. The number of nitrogens with one attached hydrogen (secondary N) is 1. The van der Waals surface area contributed by atoms with Crippen LogP contribution in [0.3, 0.4) is 0 Å². The topological polar surface area (TPSA) is 94.9 Å². The second-order valence-corrected chi connectivity index (χ2v) is 11.5. The molecule has 210 valence electrons. The number of methoxy groups -OCH3 is 1. The molecule has 0 radical (unpaired) electrons. The van der Waals surface area contributed by atoms with E-state index in [0.29, 0.717) is 17.8 Å². The second-order valence-electron chi connectivity index (χ2n) is 11.5. The van der Waals surface area contributed by atoms with Gasteiger partial charge in [0.15, 0.2) is 0 Å². The predicted octanol–water partition coefficient (Wildman–Crippen LogP) is 4.90. The lowest BCUT2D eigenvalue weighted by Gasteiger charge is -2.28. The Morgan fingerprint density at radius 3 is 2.21 bits per heavy atom. The van der Waals surface area contributed by atoms with Crippen molar-refractivity contribution in [2.75, 3.05) is 27.7 Å². The zero-order valence-electron chi connectivity index (χ0n) is 24.8. The number of aryl methyl sites for hydroxylation is 1.